The van der Waals surface area contributed by atoms with Crippen molar-refractivity contribution >= 4 is 51.3 Å². The summed E-state index contributed by atoms with van der Waals surface area (Å²) in [4.78, 5) is 61.7. The lowest BCUT2D eigenvalue weighted by Gasteiger charge is -2.39. The van der Waals surface area contributed by atoms with Gasteiger partial charge in [-0.25, -0.2) is 4.98 Å². The molecule has 2 saturated heterocycles. The van der Waals surface area contributed by atoms with Crippen molar-refractivity contribution in [1.82, 2.24) is 24.8 Å². The van der Waals surface area contributed by atoms with Gasteiger partial charge < -0.3 is 33.2 Å². The Balaban J connectivity index is 0.651. The molecule has 0 bridgehead atoms. The van der Waals surface area contributed by atoms with E-state index in [0.29, 0.717) is 52.0 Å². The van der Waals surface area contributed by atoms with E-state index in [1.54, 1.807) is 6.07 Å². The molecule has 3 aliphatic heterocycles. The summed E-state index contributed by atoms with van der Waals surface area (Å²) in [6.45, 7) is 4.74. The van der Waals surface area contributed by atoms with Crippen molar-refractivity contribution in [3.8, 4) is 16.9 Å². The highest BCUT2D eigenvalue weighted by Gasteiger charge is 2.44. The first-order valence-electron chi connectivity index (χ1n) is 18.7. The summed E-state index contributed by atoms with van der Waals surface area (Å²) < 4.78 is 30.6. The number of amides is 4. The molecule has 8 rings (SSSR count). The Morgan fingerprint density at radius 1 is 0.732 bits per heavy atom. The van der Waals surface area contributed by atoms with Gasteiger partial charge in [0.2, 0.25) is 11.8 Å². The molecule has 0 spiro atoms. The van der Waals surface area contributed by atoms with Crippen LogP contribution in [0, 0.1) is 0 Å². The van der Waals surface area contributed by atoms with Crippen molar-refractivity contribution in [3.05, 3.63) is 84.3 Å². The minimum Gasteiger partial charge on any atom is -0.491 e. The molecule has 3 aliphatic rings. The molecule has 56 heavy (non-hydrogen) atoms. The fraction of sp³-hybridized carbons (Fsp3) is 0.366. The predicted molar refractivity (Wildman–Crippen MR) is 204 cm³/mol. The SMILES string of the molecule is Cn1c2ccncc2c2ccc(-c3ccc(N4CC(OCCOCCOCCOCCOc5ccc6c(c5)C(=O)N(C5CCC(=O)NC5=O)C6=O)C4)nc3)cc21. The Morgan fingerprint density at radius 3 is 2.21 bits per heavy atom. The van der Waals surface area contributed by atoms with E-state index in [0.717, 1.165) is 45.8 Å². The maximum Gasteiger partial charge on any atom is 0.262 e. The number of anilines is 1. The number of nitrogens with zero attached hydrogens (tertiary/aromatic N) is 5. The zero-order valence-corrected chi connectivity index (χ0v) is 31.0. The third kappa shape index (κ3) is 7.71. The highest BCUT2D eigenvalue weighted by molar-refractivity contribution is 6.23. The zero-order valence-electron chi connectivity index (χ0n) is 31.0. The topological polar surface area (TPSA) is 164 Å². The monoisotopic (exact) mass is 762 g/mol. The third-order valence-corrected chi connectivity index (χ3v) is 10.3. The van der Waals surface area contributed by atoms with Gasteiger partial charge in [0.1, 0.15) is 24.2 Å². The summed E-state index contributed by atoms with van der Waals surface area (Å²) in [5.41, 5.74) is 4.89. The number of piperidine rings is 1. The Morgan fingerprint density at radius 2 is 1.46 bits per heavy atom. The Hall–Kier alpha value is -5.74. The van der Waals surface area contributed by atoms with E-state index in [9.17, 15) is 19.2 Å². The Bertz CT molecular complexity index is 2270. The van der Waals surface area contributed by atoms with E-state index >= 15 is 0 Å². The predicted octanol–water partition coefficient (Wildman–Crippen LogP) is 3.52. The van der Waals surface area contributed by atoms with E-state index in [4.69, 9.17) is 28.7 Å². The van der Waals surface area contributed by atoms with Crippen molar-refractivity contribution < 1.29 is 42.9 Å². The molecule has 5 aromatic rings. The van der Waals surface area contributed by atoms with Gasteiger partial charge in [-0.15, -0.1) is 0 Å². The number of carbonyl (C=O) groups excluding carboxylic acids is 4. The summed E-state index contributed by atoms with van der Waals surface area (Å²) in [7, 11) is 2.08. The van der Waals surface area contributed by atoms with Crippen molar-refractivity contribution in [1.29, 1.82) is 0 Å². The molecule has 290 valence electrons. The molecule has 15 heteroatoms. The van der Waals surface area contributed by atoms with E-state index < -0.39 is 29.7 Å². The molecule has 0 saturated carbocycles. The maximum absolute atomic E-state index is 13.0. The first-order valence-corrected chi connectivity index (χ1v) is 18.7. The van der Waals surface area contributed by atoms with Crippen LogP contribution in [0.5, 0.6) is 5.75 Å². The van der Waals surface area contributed by atoms with Gasteiger partial charge in [0.25, 0.3) is 11.8 Å². The molecule has 1 unspecified atom stereocenters. The van der Waals surface area contributed by atoms with E-state index in [1.165, 1.54) is 23.0 Å². The summed E-state index contributed by atoms with van der Waals surface area (Å²) in [6, 6.07) is 16.3. The number of hydrogen-bond acceptors (Lipinski definition) is 12. The number of rotatable bonds is 17. The number of ether oxygens (including phenoxy) is 5. The number of imide groups is 2. The van der Waals surface area contributed by atoms with E-state index in [1.807, 2.05) is 24.7 Å². The number of carbonyl (C=O) groups is 4. The second kappa shape index (κ2) is 16.5. The van der Waals surface area contributed by atoms with Gasteiger partial charge >= 0.3 is 0 Å². The first-order chi connectivity index (χ1) is 27.4. The number of pyridine rings is 2. The van der Waals surface area contributed by atoms with E-state index in [-0.39, 0.29) is 36.7 Å². The lowest BCUT2D eigenvalue weighted by molar-refractivity contribution is -0.136. The van der Waals surface area contributed by atoms with Gasteiger partial charge in [-0.1, -0.05) is 12.1 Å². The smallest absolute Gasteiger partial charge is 0.262 e. The average molecular weight is 763 g/mol. The molecular formula is C41H42N6O9. The number of nitrogens with one attached hydrogen (secondary N) is 1. The largest absolute Gasteiger partial charge is 0.491 e. The van der Waals surface area contributed by atoms with Crippen LogP contribution in [0.2, 0.25) is 0 Å². The molecular weight excluding hydrogens is 720 g/mol. The first kappa shape index (κ1) is 37.2. The summed E-state index contributed by atoms with van der Waals surface area (Å²) >= 11 is 0. The highest BCUT2D eigenvalue weighted by atomic mass is 16.6. The van der Waals surface area contributed by atoms with Crippen LogP contribution in [0.1, 0.15) is 33.6 Å². The van der Waals surface area contributed by atoms with Crippen LogP contribution in [-0.4, -0.2) is 121 Å². The van der Waals surface area contributed by atoms with Gasteiger partial charge in [0, 0.05) is 67.0 Å². The lowest BCUT2D eigenvalue weighted by Crippen LogP contribution is -2.54. The average Bonchev–Trinajstić information content (AvgIpc) is 3.62. The molecule has 1 atom stereocenters. The fourth-order valence-electron chi connectivity index (χ4n) is 7.28. The van der Waals surface area contributed by atoms with Crippen molar-refractivity contribution in [2.24, 2.45) is 7.05 Å². The zero-order chi connectivity index (χ0) is 38.6. The molecule has 3 aromatic heterocycles. The standard InChI is InChI=1S/C41H42N6O9/c1-45-34-10-11-42-23-33(34)30-5-2-26(20-36(30)45)27-3-8-37(43-22-27)46-24-29(25-46)56-19-17-54-15-13-52-12-14-53-16-18-55-28-4-6-31-32(21-28)41(51)47(40(31)50)35-7-9-38(48)44-39(35)49/h2-6,8,10-11,20-23,29,35H,7,9,12-19,24-25H2,1H3,(H,44,48,49). The number of benzene rings is 2. The van der Waals surface area contributed by atoms with Gasteiger partial charge in [-0.3, -0.25) is 34.4 Å². The quantitative estimate of drug-likeness (QED) is 0.109. The second-order valence-corrected chi connectivity index (χ2v) is 13.8. The van der Waals surface area contributed by atoms with Crippen molar-refractivity contribution in [2.45, 2.75) is 25.0 Å². The number of aromatic nitrogens is 3. The maximum atomic E-state index is 13.0. The van der Waals surface area contributed by atoms with Crippen LogP contribution in [0.15, 0.2) is 73.2 Å². The molecule has 0 radical (unpaired) electrons. The summed E-state index contributed by atoms with van der Waals surface area (Å²) in [6.07, 6.45) is 5.99. The van der Waals surface area contributed by atoms with Crippen LogP contribution in [-0.2, 0) is 35.6 Å². The van der Waals surface area contributed by atoms with Crippen LogP contribution < -0.4 is 15.0 Å². The van der Waals surface area contributed by atoms with Crippen LogP contribution in [0.25, 0.3) is 32.9 Å². The third-order valence-electron chi connectivity index (χ3n) is 10.3. The number of fused-ring (bicyclic) bond motifs is 4. The van der Waals surface area contributed by atoms with Gasteiger partial charge in [-0.05, 0) is 54.4 Å². The molecule has 2 fully saturated rings. The normalized spacial score (nSPS) is 17.2. The lowest BCUT2D eigenvalue weighted by atomic mass is 10.0. The van der Waals surface area contributed by atoms with Crippen LogP contribution in [0.4, 0.5) is 5.82 Å². The summed E-state index contributed by atoms with van der Waals surface area (Å²) in [5.74, 6) is -0.868. The molecule has 0 aliphatic carbocycles. The molecule has 15 nitrogen and oxygen atoms in total. The molecule has 6 heterocycles. The van der Waals surface area contributed by atoms with E-state index in [2.05, 4.69) is 57.1 Å². The molecule has 2 aromatic carbocycles. The van der Waals surface area contributed by atoms with Crippen molar-refractivity contribution in [3.63, 3.8) is 0 Å². The summed E-state index contributed by atoms with van der Waals surface area (Å²) in [5, 5.41) is 4.53. The molecule has 4 amide bonds. The Kier molecular flexibility index (Phi) is 11.0. The molecule has 1 N–H and O–H groups in total. The minimum absolute atomic E-state index is 0.0646. The van der Waals surface area contributed by atoms with Gasteiger partial charge in [0.05, 0.1) is 69.0 Å². The number of hydrogen-bond donors (Lipinski definition) is 1. The van der Waals surface area contributed by atoms with Crippen molar-refractivity contribution in [2.75, 3.05) is 70.8 Å². The van der Waals surface area contributed by atoms with Crippen LogP contribution in [0.3, 0.4) is 0 Å². The number of aryl methyl sites for hydroxylation is 1. The van der Waals surface area contributed by atoms with Gasteiger partial charge in [0.15, 0.2) is 0 Å². The van der Waals surface area contributed by atoms with Gasteiger partial charge in [-0.2, -0.15) is 0 Å². The Labute approximate surface area is 322 Å². The fourth-order valence-corrected chi connectivity index (χ4v) is 7.28. The minimum atomic E-state index is -1.01. The second-order valence-electron chi connectivity index (χ2n) is 13.8. The van der Waals surface area contributed by atoms with Crippen LogP contribution >= 0.6 is 0 Å². The highest BCUT2D eigenvalue weighted by Crippen LogP contribution is 2.33.